The Hall–Kier alpha value is -0.120. The molecule has 1 aliphatic heterocycles. The molecule has 0 amide bonds. The predicted molar refractivity (Wildman–Crippen MR) is 55.0 cm³/mol. The summed E-state index contributed by atoms with van der Waals surface area (Å²) in [4.78, 5) is 2.46. The van der Waals surface area contributed by atoms with Crippen LogP contribution in [0.2, 0.25) is 0 Å². The lowest BCUT2D eigenvalue weighted by molar-refractivity contribution is 0.159. The normalized spacial score (nSPS) is 24.5. The topological polar surface area (TPSA) is 24.5 Å². The minimum Gasteiger partial charge on any atom is -0.383 e. The van der Waals surface area contributed by atoms with Gasteiger partial charge in [-0.25, -0.2) is 0 Å². The van der Waals surface area contributed by atoms with Crippen LogP contribution in [-0.2, 0) is 4.74 Å². The van der Waals surface area contributed by atoms with Gasteiger partial charge in [0.2, 0.25) is 0 Å². The Morgan fingerprint density at radius 3 is 2.92 bits per heavy atom. The summed E-state index contributed by atoms with van der Waals surface area (Å²) in [5, 5.41) is 3.57. The molecule has 13 heavy (non-hydrogen) atoms. The molecule has 0 aromatic heterocycles. The van der Waals surface area contributed by atoms with Gasteiger partial charge in [0.15, 0.2) is 0 Å². The van der Waals surface area contributed by atoms with Gasteiger partial charge >= 0.3 is 0 Å². The number of ether oxygens (including phenoxy) is 1. The molecule has 3 heteroatoms. The van der Waals surface area contributed by atoms with Crippen LogP contribution in [0.25, 0.3) is 0 Å². The molecule has 1 fully saturated rings. The van der Waals surface area contributed by atoms with Gasteiger partial charge in [-0.1, -0.05) is 13.8 Å². The zero-order valence-electron chi connectivity index (χ0n) is 9.05. The summed E-state index contributed by atoms with van der Waals surface area (Å²) in [5.41, 5.74) is 0. The van der Waals surface area contributed by atoms with Gasteiger partial charge in [-0.2, -0.15) is 0 Å². The van der Waals surface area contributed by atoms with Crippen LogP contribution in [-0.4, -0.2) is 50.3 Å². The standard InChI is InChI=1S/C10H22N2O/c1-9(2)11-10-4-5-12(8-10)6-7-13-3/h9-11H,4-8H2,1-3H3/t10-/m0/s1. The Morgan fingerprint density at radius 2 is 2.31 bits per heavy atom. The SMILES string of the molecule is COCCN1CC[C@H](NC(C)C)C1. The van der Waals surface area contributed by atoms with Gasteiger partial charge in [0.25, 0.3) is 0 Å². The first-order valence-corrected chi connectivity index (χ1v) is 5.19. The third-order valence-corrected chi connectivity index (χ3v) is 2.45. The summed E-state index contributed by atoms with van der Waals surface area (Å²) >= 11 is 0. The highest BCUT2D eigenvalue weighted by Gasteiger charge is 2.21. The minimum atomic E-state index is 0.604. The maximum atomic E-state index is 5.06. The largest absolute Gasteiger partial charge is 0.383 e. The second kappa shape index (κ2) is 5.58. The van der Waals surface area contributed by atoms with E-state index in [2.05, 4.69) is 24.1 Å². The van der Waals surface area contributed by atoms with Crippen molar-refractivity contribution in [3.63, 3.8) is 0 Å². The molecule has 1 rings (SSSR count). The fourth-order valence-corrected chi connectivity index (χ4v) is 1.86. The van der Waals surface area contributed by atoms with Gasteiger partial charge in [0.1, 0.15) is 0 Å². The highest BCUT2D eigenvalue weighted by Crippen LogP contribution is 2.08. The molecule has 1 aliphatic rings. The van der Waals surface area contributed by atoms with Crippen molar-refractivity contribution in [2.24, 2.45) is 0 Å². The van der Waals surface area contributed by atoms with Crippen molar-refractivity contribution in [3.05, 3.63) is 0 Å². The average molecular weight is 186 g/mol. The van der Waals surface area contributed by atoms with Crippen molar-refractivity contribution >= 4 is 0 Å². The first-order chi connectivity index (χ1) is 6.22. The van der Waals surface area contributed by atoms with Gasteiger partial charge in [0, 0.05) is 32.3 Å². The van der Waals surface area contributed by atoms with Crippen molar-refractivity contribution in [3.8, 4) is 0 Å². The average Bonchev–Trinajstić information content (AvgIpc) is 2.48. The smallest absolute Gasteiger partial charge is 0.0589 e. The lowest BCUT2D eigenvalue weighted by atomic mass is 10.2. The predicted octanol–water partition coefficient (Wildman–Crippen LogP) is 0.705. The quantitative estimate of drug-likeness (QED) is 0.684. The lowest BCUT2D eigenvalue weighted by Gasteiger charge is -2.17. The first-order valence-electron chi connectivity index (χ1n) is 5.19. The summed E-state index contributed by atoms with van der Waals surface area (Å²) in [5.74, 6) is 0. The number of nitrogens with zero attached hydrogens (tertiary/aromatic N) is 1. The molecule has 1 heterocycles. The van der Waals surface area contributed by atoms with E-state index in [1.54, 1.807) is 7.11 Å². The molecule has 0 aliphatic carbocycles. The zero-order chi connectivity index (χ0) is 9.68. The Morgan fingerprint density at radius 1 is 1.54 bits per heavy atom. The molecule has 3 nitrogen and oxygen atoms in total. The molecule has 0 spiro atoms. The van der Waals surface area contributed by atoms with Crippen molar-refractivity contribution in [1.82, 2.24) is 10.2 Å². The molecule has 0 saturated carbocycles. The van der Waals surface area contributed by atoms with Crippen molar-refractivity contribution in [1.29, 1.82) is 0 Å². The lowest BCUT2D eigenvalue weighted by Crippen LogP contribution is -2.37. The molecule has 0 aromatic rings. The number of hydrogen-bond donors (Lipinski definition) is 1. The molecule has 0 radical (unpaired) electrons. The van der Waals surface area contributed by atoms with Gasteiger partial charge in [0.05, 0.1) is 6.61 Å². The Kier molecular flexibility index (Phi) is 4.70. The summed E-state index contributed by atoms with van der Waals surface area (Å²) in [7, 11) is 1.76. The highest BCUT2D eigenvalue weighted by molar-refractivity contribution is 4.81. The summed E-state index contributed by atoms with van der Waals surface area (Å²) in [6.07, 6.45) is 1.28. The minimum absolute atomic E-state index is 0.604. The van der Waals surface area contributed by atoms with Crippen LogP contribution in [0.3, 0.4) is 0 Å². The highest BCUT2D eigenvalue weighted by atomic mass is 16.5. The van der Waals surface area contributed by atoms with Gasteiger partial charge in [-0.3, -0.25) is 4.90 Å². The fraction of sp³-hybridized carbons (Fsp3) is 1.00. The molecule has 1 atom stereocenters. The number of hydrogen-bond acceptors (Lipinski definition) is 3. The molecular weight excluding hydrogens is 164 g/mol. The Labute approximate surface area is 81.4 Å². The molecule has 0 aromatic carbocycles. The van der Waals surface area contributed by atoms with E-state index in [4.69, 9.17) is 4.74 Å². The van der Waals surface area contributed by atoms with E-state index >= 15 is 0 Å². The van der Waals surface area contributed by atoms with Gasteiger partial charge in [-0.05, 0) is 13.0 Å². The molecule has 1 N–H and O–H groups in total. The van der Waals surface area contributed by atoms with Crippen molar-refractivity contribution < 1.29 is 4.74 Å². The number of nitrogens with one attached hydrogen (secondary N) is 1. The second-order valence-electron chi connectivity index (χ2n) is 4.10. The van der Waals surface area contributed by atoms with E-state index in [0.717, 1.165) is 13.2 Å². The molecule has 0 bridgehead atoms. The van der Waals surface area contributed by atoms with Crippen LogP contribution in [0, 0.1) is 0 Å². The Balaban J connectivity index is 2.12. The number of methoxy groups -OCH3 is 1. The van der Waals surface area contributed by atoms with Gasteiger partial charge < -0.3 is 10.1 Å². The van der Waals surface area contributed by atoms with Crippen LogP contribution < -0.4 is 5.32 Å². The van der Waals surface area contributed by atoms with E-state index in [9.17, 15) is 0 Å². The third-order valence-electron chi connectivity index (χ3n) is 2.45. The molecular formula is C10H22N2O. The summed E-state index contributed by atoms with van der Waals surface area (Å²) < 4.78 is 5.06. The van der Waals surface area contributed by atoms with Crippen molar-refractivity contribution in [2.75, 3.05) is 33.4 Å². The van der Waals surface area contributed by atoms with E-state index < -0.39 is 0 Å². The third kappa shape index (κ3) is 4.07. The van der Waals surface area contributed by atoms with Crippen LogP contribution in [0.1, 0.15) is 20.3 Å². The summed E-state index contributed by atoms with van der Waals surface area (Å²) in [6.45, 7) is 8.74. The van der Waals surface area contributed by atoms with Crippen molar-refractivity contribution in [2.45, 2.75) is 32.4 Å². The number of rotatable bonds is 5. The van der Waals surface area contributed by atoms with Gasteiger partial charge in [-0.15, -0.1) is 0 Å². The number of likely N-dealkylation sites (tertiary alicyclic amines) is 1. The van der Waals surface area contributed by atoms with Crippen LogP contribution in [0.5, 0.6) is 0 Å². The van der Waals surface area contributed by atoms with Crippen LogP contribution >= 0.6 is 0 Å². The van der Waals surface area contributed by atoms with E-state index in [0.29, 0.717) is 12.1 Å². The Bertz CT molecular complexity index is 139. The molecule has 1 saturated heterocycles. The van der Waals surface area contributed by atoms with E-state index in [-0.39, 0.29) is 0 Å². The second-order valence-corrected chi connectivity index (χ2v) is 4.10. The molecule has 78 valence electrons. The maximum absolute atomic E-state index is 5.06. The van der Waals surface area contributed by atoms with E-state index in [1.165, 1.54) is 19.5 Å². The first kappa shape index (κ1) is 11.0. The van der Waals surface area contributed by atoms with Crippen LogP contribution in [0.4, 0.5) is 0 Å². The van der Waals surface area contributed by atoms with Crippen LogP contribution in [0.15, 0.2) is 0 Å². The summed E-state index contributed by atoms with van der Waals surface area (Å²) in [6, 6.07) is 1.30. The fourth-order valence-electron chi connectivity index (χ4n) is 1.86. The monoisotopic (exact) mass is 186 g/mol. The maximum Gasteiger partial charge on any atom is 0.0589 e. The zero-order valence-corrected chi connectivity index (χ0v) is 9.05. The molecule has 0 unspecified atom stereocenters. The van der Waals surface area contributed by atoms with E-state index in [1.807, 2.05) is 0 Å².